The lowest BCUT2D eigenvalue weighted by molar-refractivity contribution is -0.117. The second kappa shape index (κ2) is 6.58. The van der Waals surface area contributed by atoms with Gasteiger partial charge in [-0.3, -0.25) is 4.79 Å². The Morgan fingerprint density at radius 2 is 2.00 bits per heavy atom. The molecule has 0 spiro atoms. The van der Waals surface area contributed by atoms with Gasteiger partial charge in [-0.2, -0.15) is 4.80 Å². The first-order valence-corrected chi connectivity index (χ1v) is 7.39. The van der Waals surface area contributed by atoms with E-state index >= 15 is 0 Å². The van der Waals surface area contributed by atoms with E-state index in [1.807, 2.05) is 37.3 Å². The van der Waals surface area contributed by atoms with Crippen LogP contribution in [0.1, 0.15) is 5.56 Å². The van der Waals surface area contributed by atoms with Crippen LogP contribution >= 0.6 is 11.6 Å². The Morgan fingerprint density at radius 1 is 1.22 bits per heavy atom. The van der Waals surface area contributed by atoms with Gasteiger partial charge in [0.15, 0.2) is 0 Å². The molecule has 3 aromatic rings. The van der Waals surface area contributed by atoms with Crippen molar-refractivity contribution >= 4 is 23.2 Å². The predicted molar refractivity (Wildman–Crippen MR) is 88.1 cm³/mol. The summed E-state index contributed by atoms with van der Waals surface area (Å²) in [5.74, 6) is 0.258. The molecule has 0 unspecified atom stereocenters. The van der Waals surface area contributed by atoms with Crippen LogP contribution in [0.15, 0.2) is 48.5 Å². The van der Waals surface area contributed by atoms with Crippen LogP contribution in [-0.4, -0.2) is 26.1 Å². The normalized spacial score (nSPS) is 10.5. The lowest BCUT2D eigenvalue weighted by atomic mass is 10.2. The highest BCUT2D eigenvalue weighted by molar-refractivity contribution is 6.30. The van der Waals surface area contributed by atoms with E-state index in [2.05, 4.69) is 20.7 Å². The fraction of sp³-hybridized carbons (Fsp3) is 0.125. The maximum absolute atomic E-state index is 12.1. The molecule has 6 nitrogen and oxygen atoms in total. The summed E-state index contributed by atoms with van der Waals surface area (Å²) in [7, 11) is 0. The molecule has 7 heteroatoms. The average molecular weight is 328 g/mol. The zero-order chi connectivity index (χ0) is 16.2. The van der Waals surface area contributed by atoms with Crippen LogP contribution in [0.5, 0.6) is 0 Å². The van der Waals surface area contributed by atoms with Crippen molar-refractivity contribution in [2.24, 2.45) is 0 Å². The molecule has 0 saturated heterocycles. The highest BCUT2D eigenvalue weighted by atomic mass is 35.5. The summed E-state index contributed by atoms with van der Waals surface area (Å²) in [6.45, 7) is 1.87. The van der Waals surface area contributed by atoms with E-state index in [4.69, 9.17) is 11.6 Å². The molecule has 2 aromatic carbocycles. The summed E-state index contributed by atoms with van der Waals surface area (Å²) in [6, 6.07) is 14.8. The molecule has 1 N–H and O–H groups in total. The minimum absolute atomic E-state index is 0.0120. The minimum Gasteiger partial charge on any atom is -0.324 e. The van der Waals surface area contributed by atoms with E-state index in [0.29, 0.717) is 16.5 Å². The highest BCUT2D eigenvalue weighted by Crippen LogP contribution is 2.19. The fourth-order valence-corrected chi connectivity index (χ4v) is 2.33. The molecule has 23 heavy (non-hydrogen) atoms. The van der Waals surface area contributed by atoms with Crippen LogP contribution in [-0.2, 0) is 11.3 Å². The van der Waals surface area contributed by atoms with Crippen molar-refractivity contribution in [3.8, 4) is 11.4 Å². The van der Waals surface area contributed by atoms with Gasteiger partial charge >= 0.3 is 0 Å². The number of hydrogen-bond acceptors (Lipinski definition) is 4. The van der Waals surface area contributed by atoms with Gasteiger partial charge in [0.05, 0.1) is 0 Å². The van der Waals surface area contributed by atoms with Crippen molar-refractivity contribution in [1.82, 2.24) is 20.2 Å². The third kappa shape index (κ3) is 3.73. The Bertz CT molecular complexity index is 831. The summed E-state index contributed by atoms with van der Waals surface area (Å²) in [5, 5.41) is 15.5. The van der Waals surface area contributed by atoms with Crippen molar-refractivity contribution < 1.29 is 4.79 Å². The molecule has 1 aromatic heterocycles. The van der Waals surface area contributed by atoms with E-state index in [0.717, 1.165) is 11.1 Å². The quantitative estimate of drug-likeness (QED) is 0.799. The van der Waals surface area contributed by atoms with Gasteiger partial charge in [-0.25, -0.2) is 0 Å². The third-order valence-corrected chi connectivity index (χ3v) is 3.47. The molecular formula is C16H14ClN5O. The maximum atomic E-state index is 12.1. The van der Waals surface area contributed by atoms with E-state index in [9.17, 15) is 4.79 Å². The number of amides is 1. The van der Waals surface area contributed by atoms with Gasteiger partial charge in [0, 0.05) is 16.3 Å². The van der Waals surface area contributed by atoms with Gasteiger partial charge in [-0.05, 0) is 35.9 Å². The van der Waals surface area contributed by atoms with Crippen LogP contribution in [0.25, 0.3) is 11.4 Å². The third-order valence-electron chi connectivity index (χ3n) is 3.23. The number of rotatable bonds is 4. The second-order valence-electron chi connectivity index (χ2n) is 5.02. The van der Waals surface area contributed by atoms with Crippen molar-refractivity contribution in [1.29, 1.82) is 0 Å². The molecule has 0 saturated carbocycles. The Labute approximate surface area is 138 Å². The summed E-state index contributed by atoms with van der Waals surface area (Å²) >= 11 is 5.90. The van der Waals surface area contributed by atoms with Crippen LogP contribution in [0.3, 0.4) is 0 Å². The molecule has 116 valence electrons. The van der Waals surface area contributed by atoms with Gasteiger partial charge in [-0.15, -0.1) is 10.2 Å². The molecule has 0 bridgehead atoms. The van der Waals surface area contributed by atoms with Crippen molar-refractivity contribution in [2.45, 2.75) is 13.5 Å². The number of nitrogens with one attached hydrogen (secondary N) is 1. The number of hydrogen-bond donors (Lipinski definition) is 1. The Kier molecular flexibility index (Phi) is 4.34. The topological polar surface area (TPSA) is 72.7 Å². The van der Waals surface area contributed by atoms with Crippen LogP contribution in [0.4, 0.5) is 5.69 Å². The molecule has 0 fully saturated rings. The van der Waals surface area contributed by atoms with Crippen LogP contribution in [0.2, 0.25) is 5.02 Å². The monoisotopic (exact) mass is 327 g/mol. The first-order valence-electron chi connectivity index (χ1n) is 7.01. The van der Waals surface area contributed by atoms with Crippen molar-refractivity contribution in [3.05, 3.63) is 59.1 Å². The number of halogens is 1. The van der Waals surface area contributed by atoms with E-state index < -0.39 is 0 Å². The van der Waals surface area contributed by atoms with E-state index in [1.54, 1.807) is 18.2 Å². The molecule has 3 rings (SSSR count). The van der Waals surface area contributed by atoms with Gasteiger partial charge in [0.2, 0.25) is 11.7 Å². The molecule has 0 radical (unpaired) electrons. The number of carbonyl (C=O) groups excluding carboxylic acids is 1. The Morgan fingerprint density at radius 3 is 2.74 bits per heavy atom. The number of aryl methyl sites for hydroxylation is 1. The lowest BCUT2D eigenvalue weighted by Crippen LogP contribution is -2.20. The first-order chi connectivity index (χ1) is 11.1. The molecular weight excluding hydrogens is 314 g/mol. The van der Waals surface area contributed by atoms with E-state index in [1.165, 1.54) is 4.80 Å². The zero-order valence-corrected chi connectivity index (χ0v) is 13.2. The van der Waals surface area contributed by atoms with Crippen molar-refractivity contribution in [3.63, 3.8) is 0 Å². The minimum atomic E-state index is -0.229. The predicted octanol–water partition coefficient (Wildman–Crippen LogP) is 2.94. The van der Waals surface area contributed by atoms with Gasteiger partial charge < -0.3 is 5.32 Å². The van der Waals surface area contributed by atoms with E-state index in [-0.39, 0.29) is 12.5 Å². The van der Waals surface area contributed by atoms with Crippen LogP contribution in [0, 0.1) is 6.92 Å². The average Bonchev–Trinajstić information content (AvgIpc) is 2.99. The van der Waals surface area contributed by atoms with Gasteiger partial charge in [-0.1, -0.05) is 41.9 Å². The fourth-order valence-electron chi connectivity index (χ4n) is 2.10. The molecule has 0 atom stereocenters. The smallest absolute Gasteiger partial charge is 0.248 e. The maximum Gasteiger partial charge on any atom is 0.248 e. The Hall–Kier alpha value is -2.73. The molecule has 0 aliphatic carbocycles. The summed E-state index contributed by atoms with van der Waals surface area (Å²) in [4.78, 5) is 13.4. The summed E-state index contributed by atoms with van der Waals surface area (Å²) in [5.41, 5.74) is 2.46. The van der Waals surface area contributed by atoms with Gasteiger partial charge in [0.25, 0.3) is 0 Å². The number of carbonyl (C=O) groups is 1. The molecule has 1 amide bonds. The number of anilines is 1. The molecule has 0 aliphatic heterocycles. The molecule has 1 heterocycles. The second-order valence-corrected chi connectivity index (χ2v) is 5.45. The molecule has 0 aliphatic rings. The number of benzene rings is 2. The highest BCUT2D eigenvalue weighted by Gasteiger charge is 2.10. The van der Waals surface area contributed by atoms with Gasteiger partial charge in [0.1, 0.15) is 6.54 Å². The summed E-state index contributed by atoms with van der Waals surface area (Å²) in [6.07, 6.45) is 0. The largest absolute Gasteiger partial charge is 0.324 e. The number of nitrogens with zero attached hydrogens (tertiary/aromatic N) is 4. The first kappa shape index (κ1) is 15.2. The standard InChI is InChI=1S/C16H14ClN5O/c1-11-9-13(17)7-8-14(11)18-15(23)10-22-20-16(19-21-22)12-5-3-2-4-6-12/h2-9H,10H2,1H3,(H,18,23). The zero-order valence-electron chi connectivity index (χ0n) is 12.4. The SMILES string of the molecule is Cc1cc(Cl)ccc1NC(=O)Cn1nnc(-c2ccccc2)n1. The summed E-state index contributed by atoms with van der Waals surface area (Å²) < 4.78 is 0. The van der Waals surface area contributed by atoms with Crippen molar-refractivity contribution in [2.75, 3.05) is 5.32 Å². The number of tetrazole rings is 1. The van der Waals surface area contributed by atoms with Crippen LogP contribution < -0.4 is 5.32 Å². The lowest BCUT2D eigenvalue weighted by Gasteiger charge is -2.07. The Balaban J connectivity index is 1.68. The number of aromatic nitrogens is 4.